The number of para-hydroxylation sites is 1. The number of benzene rings is 1. The van der Waals surface area contributed by atoms with Crippen molar-refractivity contribution >= 4 is 34.8 Å². The van der Waals surface area contributed by atoms with E-state index in [0.29, 0.717) is 46.2 Å². The quantitative estimate of drug-likeness (QED) is 0.610. The van der Waals surface area contributed by atoms with Gasteiger partial charge in [-0.15, -0.1) is 0 Å². The Kier molecular flexibility index (Phi) is 5.63. The molecule has 30 heavy (non-hydrogen) atoms. The second kappa shape index (κ2) is 8.51. The topological polar surface area (TPSA) is 96.6 Å². The van der Waals surface area contributed by atoms with E-state index in [4.69, 9.17) is 16.0 Å². The van der Waals surface area contributed by atoms with Crippen LogP contribution in [0.25, 0.3) is 0 Å². The highest BCUT2D eigenvalue weighted by atomic mass is 35.5. The van der Waals surface area contributed by atoms with Crippen LogP contribution in [0.15, 0.2) is 58.3 Å². The van der Waals surface area contributed by atoms with Crippen LogP contribution in [0, 0.1) is 6.92 Å². The Morgan fingerprint density at radius 2 is 1.87 bits per heavy atom. The number of carbonyl (C=O) groups is 2. The average Bonchev–Trinajstić information content (AvgIpc) is 3.11. The Morgan fingerprint density at radius 1 is 1.10 bits per heavy atom. The van der Waals surface area contributed by atoms with Gasteiger partial charge < -0.3 is 9.73 Å². The van der Waals surface area contributed by atoms with Crippen molar-refractivity contribution in [3.05, 3.63) is 82.0 Å². The highest BCUT2D eigenvalue weighted by molar-refractivity contribution is 6.33. The van der Waals surface area contributed by atoms with Gasteiger partial charge in [-0.05, 0) is 44.0 Å². The van der Waals surface area contributed by atoms with Crippen LogP contribution in [0.2, 0.25) is 5.02 Å². The summed E-state index contributed by atoms with van der Waals surface area (Å²) in [5.74, 6) is 0.208. The van der Waals surface area contributed by atoms with E-state index in [1.165, 1.54) is 0 Å². The Bertz CT molecular complexity index is 1140. The van der Waals surface area contributed by atoms with Gasteiger partial charge in [0.1, 0.15) is 5.76 Å². The van der Waals surface area contributed by atoms with Crippen molar-refractivity contribution in [1.82, 2.24) is 10.4 Å². The molecule has 0 radical (unpaired) electrons. The third-order valence-corrected chi connectivity index (χ3v) is 5.22. The molecule has 7 nitrogen and oxygen atoms in total. The van der Waals surface area contributed by atoms with Gasteiger partial charge in [0, 0.05) is 35.5 Å². The van der Waals surface area contributed by atoms with Crippen molar-refractivity contribution < 1.29 is 14.0 Å². The van der Waals surface area contributed by atoms with Crippen LogP contribution in [0.5, 0.6) is 0 Å². The first kappa shape index (κ1) is 19.8. The average molecular weight is 423 g/mol. The molecule has 0 atom stereocenters. The summed E-state index contributed by atoms with van der Waals surface area (Å²) in [5, 5.41) is 7.54. The third kappa shape index (κ3) is 3.97. The van der Waals surface area contributed by atoms with E-state index in [9.17, 15) is 9.59 Å². The number of halogens is 1. The first-order chi connectivity index (χ1) is 14.5. The molecule has 0 saturated carbocycles. The van der Waals surface area contributed by atoms with Crippen LogP contribution in [0.3, 0.4) is 0 Å². The van der Waals surface area contributed by atoms with Gasteiger partial charge in [-0.2, -0.15) is 5.10 Å². The lowest BCUT2D eigenvalue weighted by atomic mass is 9.93. The van der Waals surface area contributed by atoms with E-state index >= 15 is 0 Å². The second-order valence-electron chi connectivity index (χ2n) is 6.88. The van der Waals surface area contributed by atoms with Crippen LogP contribution in [0.1, 0.15) is 50.6 Å². The molecule has 0 saturated heterocycles. The minimum absolute atomic E-state index is 0.218. The highest BCUT2D eigenvalue weighted by Gasteiger charge is 2.28. The van der Waals surface area contributed by atoms with E-state index in [2.05, 4.69) is 20.8 Å². The van der Waals surface area contributed by atoms with Crippen molar-refractivity contribution in [2.24, 2.45) is 5.10 Å². The standard InChI is InChI=1S/C22H19ClN4O3/c1-13-19-17(26-27-21(28)14-9-11-24-12-10-14)7-4-8-18(19)30-20(13)22(29)25-16-6-3-2-5-15(16)23/h2-3,5-6,9-12H,4,7-8H2,1H3,(H,25,29)(H,27,28)/b26-17+. The molecule has 0 unspecified atom stereocenters. The maximum Gasteiger partial charge on any atom is 0.291 e. The summed E-state index contributed by atoms with van der Waals surface area (Å²) in [6.07, 6.45) is 5.29. The minimum atomic E-state index is -0.379. The number of fused-ring (bicyclic) bond motifs is 1. The lowest BCUT2D eigenvalue weighted by Crippen LogP contribution is -2.22. The zero-order valence-electron chi connectivity index (χ0n) is 16.2. The Hall–Kier alpha value is -3.45. The number of hydrazone groups is 1. The zero-order valence-corrected chi connectivity index (χ0v) is 17.0. The molecule has 3 aromatic rings. The molecule has 2 aromatic heterocycles. The molecule has 0 bridgehead atoms. The molecule has 2 amide bonds. The SMILES string of the molecule is Cc1c(C(=O)Nc2ccccc2Cl)oc2c1/C(=N/NC(=O)c1ccncc1)CCC2. The van der Waals surface area contributed by atoms with Gasteiger partial charge in [0.25, 0.3) is 11.8 Å². The van der Waals surface area contributed by atoms with E-state index in [0.717, 1.165) is 12.0 Å². The molecule has 0 spiro atoms. The summed E-state index contributed by atoms with van der Waals surface area (Å²) < 4.78 is 5.88. The fourth-order valence-corrected chi connectivity index (χ4v) is 3.61. The lowest BCUT2D eigenvalue weighted by Gasteiger charge is -2.13. The predicted octanol–water partition coefficient (Wildman–Crippen LogP) is 4.36. The second-order valence-corrected chi connectivity index (χ2v) is 7.28. The van der Waals surface area contributed by atoms with Crippen molar-refractivity contribution in [2.75, 3.05) is 5.32 Å². The number of hydrogen-bond donors (Lipinski definition) is 2. The Morgan fingerprint density at radius 3 is 2.63 bits per heavy atom. The molecule has 0 fully saturated rings. The lowest BCUT2D eigenvalue weighted by molar-refractivity contribution is 0.0953. The number of nitrogens with zero attached hydrogens (tertiary/aromatic N) is 2. The molecular weight excluding hydrogens is 404 g/mol. The molecule has 2 N–H and O–H groups in total. The Labute approximate surface area is 178 Å². The number of amides is 2. The van der Waals surface area contributed by atoms with E-state index in [1.807, 2.05) is 6.92 Å². The van der Waals surface area contributed by atoms with Gasteiger partial charge in [0.2, 0.25) is 0 Å². The van der Waals surface area contributed by atoms with Crippen molar-refractivity contribution in [3.8, 4) is 0 Å². The molecule has 1 aromatic carbocycles. The number of anilines is 1. The summed E-state index contributed by atoms with van der Waals surface area (Å²) in [4.78, 5) is 29.0. The van der Waals surface area contributed by atoms with Crippen LogP contribution in [-0.4, -0.2) is 22.5 Å². The number of rotatable bonds is 4. The maximum absolute atomic E-state index is 12.8. The number of aryl methyl sites for hydroxylation is 1. The van der Waals surface area contributed by atoms with Gasteiger partial charge in [-0.3, -0.25) is 14.6 Å². The molecule has 152 valence electrons. The van der Waals surface area contributed by atoms with Gasteiger partial charge >= 0.3 is 0 Å². The molecule has 8 heteroatoms. The van der Waals surface area contributed by atoms with Crippen molar-refractivity contribution in [1.29, 1.82) is 0 Å². The third-order valence-electron chi connectivity index (χ3n) is 4.89. The van der Waals surface area contributed by atoms with E-state index in [-0.39, 0.29) is 17.6 Å². The molecule has 0 aliphatic heterocycles. The number of nitrogens with one attached hydrogen (secondary N) is 2. The van der Waals surface area contributed by atoms with Gasteiger partial charge in [0.05, 0.1) is 16.4 Å². The number of hydrogen-bond acceptors (Lipinski definition) is 5. The van der Waals surface area contributed by atoms with Crippen LogP contribution >= 0.6 is 11.6 Å². The van der Waals surface area contributed by atoms with E-state index in [1.54, 1.807) is 48.8 Å². The molecule has 4 rings (SSSR count). The van der Waals surface area contributed by atoms with Crippen molar-refractivity contribution in [2.45, 2.75) is 26.2 Å². The van der Waals surface area contributed by atoms with Crippen LogP contribution < -0.4 is 10.7 Å². The molecule has 1 aliphatic rings. The monoisotopic (exact) mass is 422 g/mol. The fraction of sp³-hybridized carbons (Fsp3) is 0.182. The number of pyridine rings is 1. The predicted molar refractivity (Wildman–Crippen MR) is 114 cm³/mol. The summed E-state index contributed by atoms with van der Waals surface area (Å²) in [6, 6.07) is 10.2. The van der Waals surface area contributed by atoms with Gasteiger partial charge in [-0.1, -0.05) is 23.7 Å². The maximum atomic E-state index is 12.8. The first-order valence-corrected chi connectivity index (χ1v) is 9.88. The van der Waals surface area contributed by atoms with Crippen molar-refractivity contribution in [3.63, 3.8) is 0 Å². The highest BCUT2D eigenvalue weighted by Crippen LogP contribution is 2.31. The van der Waals surface area contributed by atoms with Crippen LogP contribution in [-0.2, 0) is 6.42 Å². The number of carbonyl (C=O) groups excluding carboxylic acids is 2. The Balaban J connectivity index is 1.58. The summed E-state index contributed by atoms with van der Waals surface area (Å²) in [6.45, 7) is 1.81. The summed E-state index contributed by atoms with van der Waals surface area (Å²) >= 11 is 6.13. The molecular formula is C22H19ClN4O3. The normalized spacial score (nSPS) is 14.3. The smallest absolute Gasteiger partial charge is 0.291 e. The van der Waals surface area contributed by atoms with E-state index < -0.39 is 0 Å². The first-order valence-electron chi connectivity index (χ1n) is 9.50. The number of aromatic nitrogens is 1. The largest absolute Gasteiger partial charge is 0.455 e. The summed E-state index contributed by atoms with van der Waals surface area (Å²) in [7, 11) is 0. The minimum Gasteiger partial charge on any atom is -0.455 e. The fourth-order valence-electron chi connectivity index (χ4n) is 3.42. The molecule has 1 aliphatic carbocycles. The van der Waals surface area contributed by atoms with Crippen LogP contribution in [0.4, 0.5) is 5.69 Å². The van der Waals surface area contributed by atoms with Gasteiger partial charge in [-0.25, -0.2) is 5.43 Å². The summed E-state index contributed by atoms with van der Waals surface area (Å²) in [5.41, 5.74) is 5.72. The molecule has 2 heterocycles. The van der Waals surface area contributed by atoms with Gasteiger partial charge in [0.15, 0.2) is 5.76 Å². The zero-order chi connectivity index (χ0) is 21.1. The number of furan rings is 1.